The highest BCUT2D eigenvalue weighted by molar-refractivity contribution is 5.79. The number of methoxy groups -OCH3 is 1. The Morgan fingerprint density at radius 3 is 2.65 bits per heavy atom. The van der Waals surface area contributed by atoms with Crippen LogP contribution < -0.4 is 4.74 Å². The standard InChI is InChI=1S/C17H23NO5/c1-3-12(13-4-6-14(22-2)7-5-13)10-16(19)18-8-9-23-15(11-18)17(20)21/h4-7,12,15H,3,8-11H2,1-2H3,(H,20,21). The third-order valence-electron chi connectivity index (χ3n) is 4.20. The van der Waals surface area contributed by atoms with Gasteiger partial charge < -0.3 is 19.5 Å². The lowest BCUT2D eigenvalue weighted by Gasteiger charge is -2.32. The fourth-order valence-electron chi connectivity index (χ4n) is 2.74. The molecule has 0 aromatic heterocycles. The summed E-state index contributed by atoms with van der Waals surface area (Å²) in [5, 5.41) is 9.02. The van der Waals surface area contributed by atoms with Crippen molar-refractivity contribution in [3.8, 4) is 5.75 Å². The van der Waals surface area contributed by atoms with Crippen molar-refractivity contribution in [1.82, 2.24) is 4.90 Å². The van der Waals surface area contributed by atoms with Gasteiger partial charge in [0, 0.05) is 13.0 Å². The van der Waals surface area contributed by atoms with Crippen LogP contribution in [0.15, 0.2) is 24.3 Å². The third kappa shape index (κ3) is 4.45. The SMILES string of the molecule is CCC(CC(=O)N1CCOC(C(=O)O)C1)c1ccc(OC)cc1. The molecule has 1 aliphatic heterocycles. The molecule has 2 rings (SSSR count). The van der Waals surface area contributed by atoms with E-state index in [-0.39, 0.29) is 25.0 Å². The molecule has 1 saturated heterocycles. The Hall–Kier alpha value is -2.08. The summed E-state index contributed by atoms with van der Waals surface area (Å²) in [5.74, 6) is -0.154. The highest BCUT2D eigenvalue weighted by Crippen LogP contribution is 2.26. The second-order valence-corrected chi connectivity index (χ2v) is 5.62. The number of carboxylic acids is 1. The van der Waals surface area contributed by atoms with E-state index >= 15 is 0 Å². The first-order valence-electron chi connectivity index (χ1n) is 7.81. The van der Waals surface area contributed by atoms with E-state index in [0.717, 1.165) is 17.7 Å². The van der Waals surface area contributed by atoms with Crippen LogP contribution in [0.1, 0.15) is 31.2 Å². The predicted molar refractivity (Wildman–Crippen MR) is 84.6 cm³/mol. The Morgan fingerprint density at radius 2 is 2.09 bits per heavy atom. The number of morpholine rings is 1. The molecule has 1 aliphatic rings. The Bertz CT molecular complexity index is 542. The lowest BCUT2D eigenvalue weighted by atomic mass is 9.92. The second kappa shape index (κ2) is 7.97. The van der Waals surface area contributed by atoms with Crippen LogP contribution in [-0.2, 0) is 14.3 Å². The molecule has 2 unspecified atom stereocenters. The first kappa shape index (κ1) is 17.3. The van der Waals surface area contributed by atoms with Crippen LogP contribution in [0.3, 0.4) is 0 Å². The predicted octanol–water partition coefficient (Wildman–Crippen LogP) is 1.89. The molecule has 1 fully saturated rings. The number of amides is 1. The summed E-state index contributed by atoms with van der Waals surface area (Å²) in [6, 6.07) is 7.72. The Balaban J connectivity index is 1.99. The number of carbonyl (C=O) groups excluding carboxylic acids is 1. The van der Waals surface area contributed by atoms with Gasteiger partial charge in [-0.3, -0.25) is 4.79 Å². The number of carboxylic acid groups (broad SMARTS) is 1. The molecule has 1 aromatic carbocycles. The fraction of sp³-hybridized carbons (Fsp3) is 0.529. The third-order valence-corrected chi connectivity index (χ3v) is 4.20. The van der Waals surface area contributed by atoms with E-state index in [2.05, 4.69) is 0 Å². The molecule has 0 spiro atoms. The van der Waals surface area contributed by atoms with Crippen molar-refractivity contribution < 1.29 is 24.2 Å². The van der Waals surface area contributed by atoms with E-state index in [1.165, 1.54) is 0 Å². The number of ether oxygens (including phenoxy) is 2. The normalized spacial score (nSPS) is 19.2. The zero-order valence-electron chi connectivity index (χ0n) is 13.5. The van der Waals surface area contributed by atoms with Crippen LogP contribution in [-0.4, -0.2) is 54.8 Å². The van der Waals surface area contributed by atoms with Crippen LogP contribution >= 0.6 is 0 Å². The summed E-state index contributed by atoms with van der Waals surface area (Å²) >= 11 is 0. The van der Waals surface area contributed by atoms with Crippen molar-refractivity contribution in [2.24, 2.45) is 0 Å². The Morgan fingerprint density at radius 1 is 1.39 bits per heavy atom. The minimum absolute atomic E-state index is 0.0257. The molecule has 1 aromatic rings. The smallest absolute Gasteiger partial charge is 0.334 e. The molecule has 0 radical (unpaired) electrons. The van der Waals surface area contributed by atoms with Crippen molar-refractivity contribution in [3.05, 3.63) is 29.8 Å². The lowest BCUT2D eigenvalue weighted by molar-refractivity contribution is -0.159. The monoisotopic (exact) mass is 321 g/mol. The number of carbonyl (C=O) groups is 2. The average Bonchev–Trinajstić information content (AvgIpc) is 2.59. The summed E-state index contributed by atoms with van der Waals surface area (Å²) in [5.41, 5.74) is 1.09. The van der Waals surface area contributed by atoms with Crippen molar-refractivity contribution in [3.63, 3.8) is 0 Å². The van der Waals surface area contributed by atoms with E-state index in [4.69, 9.17) is 14.6 Å². The van der Waals surface area contributed by atoms with Crippen molar-refractivity contribution in [1.29, 1.82) is 0 Å². The highest BCUT2D eigenvalue weighted by Gasteiger charge is 2.29. The van der Waals surface area contributed by atoms with E-state index in [9.17, 15) is 9.59 Å². The maximum atomic E-state index is 12.5. The van der Waals surface area contributed by atoms with Gasteiger partial charge in [0.2, 0.25) is 5.91 Å². The van der Waals surface area contributed by atoms with Crippen LogP contribution in [0, 0.1) is 0 Å². The van der Waals surface area contributed by atoms with Crippen molar-refractivity contribution >= 4 is 11.9 Å². The van der Waals surface area contributed by atoms with Gasteiger partial charge in [0.1, 0.15) is 5.75 Å². The summed E-state index contributed by atoms with van der Waals surface area (Å²) in [4.78, 5) is 25.1. The summed E-state index contributed by atoms with van der Waals surface area (Å²) in [7, 11) is 1.62. The number of hydrogen-bond acceptors (Lipinski definition) is 4. The van der Waals surface area contributed by atoms with Crippen LogP contribution in [0.5, 0.6) is 5.75 Å². The number of benzene rings is 1. The Labute approximate surface area is 136 Å². The van der Waals surface area contributed by atoms with E-state index in [1.807, 2.05) is 31.2 Å². The van der Waals surface area contributed by atoms with Gasteiger partial charge in [0.25, 0.3) is 0 Å². The van der Waals surface area contributed by atoms with Crippen LogP contribution in [0.2, 0.25) is 0 Å². The molecular weight excluding hydrogens is 298 g/mol. The van der Waals surface area contributed by atoms with Gasteiger partial charge in [-0.1, -0.05) is 19.1 Å². The zero-order valence-corrected chi connectivity index (χ0v) is 13.5. The molecular formula is C17H23NO5. The molecule has 126 valence electrons. The van der Waals surface area contributed by atoms with Crippen LogP contribution in [0.4, 0.5) is 0 Å². The van der Waals surface area contributed by atoms with Gasteiger partial charge in [-0.25, -0.2) is 4.79 Å². The number of hydrogen-bond donors (Lipinski definition) is 1. The minimum Gasteiger partial charge on any atom is -0.497 e. The molecule has 0 saturated carbocycles. The largest absolute Gasteiger partial charge is 0.497 e. The number of aliphatic carboxylic acids is 1. The molecule has 1 N–H and O–H groups in total. The lowest BCUT2D eigenvalue weighted by Crippen LogP contribution is -2.48. The summed E-state index contributed by atoms with van der Waals surface area (Å²) in [6.07, 6.45) is 0.286. The van der Waals surface area contributed by atoms with E-state index in [0.29, 0.717) is 13.0 Å². The quantitative estimate of drug-likeness (QED) is 0.866. The van der Waals surface area contributed by atoms with Gasteiger partial charge >= 0.3 is 5.97 Å². The van der Waals surface area contributed by atoms with E-state index in [1.54, 1.807) is 12.0 Å². The maximum Gasteiger partial charge on any atom is 0.334 e. The summed E-state index contributed by atoms with van der Waals surface area (Å²) < 4.78 is 10.3. The molecule has 6 heteroatoms. The van der Waals surface area contributed by atoms with Gasteiger partial charge in [-0.05, 0) is 30.0 Å². The van der Waals surface area contributed by atoms with Gasteiger partial charge in [0.05, 0.1) is 20.3 Å². The van der Waals surface area contributed by atoms with E-state index < -0.39 is 12.1 Å². The topological polar surface area (TPSA) is 76.1 Å². The van der Waals surface area contributed by atoms with Gasteiger partial charge in [0.15, 0.2) is 6.10 Å². The number of nitrogens with zero attached hydrogens (tertiary/aromatic N) is 1. The molecule has 6 nitrogen and oxygen atoms in total. The minimum atomic E-state index is -1.02. The summed E-state index contributed by atoms with van der Waals surface area (Å²) in [6.45, 7) is 2.87. The van der Waals surface area contributed by atoms with Gasteiger partial charge in [-0.15, -0.1) is 0 Å². The first-order valence-corrected chi connectivity index (χ1v) is 7.81. The molecule has 1 heterocycles. The Kier molecular flexibility index (Phi) is 5.98. The zero-order chi connectivity index (χ0) is 16.8. The molecule has 2 atom stereocenters. The first-order chi connectivity index (χ1) is 11.0. The number of rotatable bonds is 6. The molecule has 1 amide bonds. The van der Waals surface area contributed by atoms with Gasteiger partial charge in [-0.2, -0.15) is 0 Å². The molecule has 0 aliphatic carbocycles. The van der Waals surface area contributed by atoms with Crippen LogP contribution in [0.25, 0.3) is 0 Å². The highest BCUT2D eigenvalue weighted by atomic mass is 16.5. The second-order valence-electron chi connectivity index (χ2n) is 5.62. The fourth-order valence-corrected chi connectivity index (χ4v) is 2.74. The van der Waals surface area contributed by atoms with Crippen molar-refractivity contribution in [2.75, 3.05) is 26.8 Å². The maximum absolute atomic E-state index is 12.5. The van der Waals surface area contributed by atoms with Crippen molar-refractivity contribution in [2.45, 2.75) is 31.8 Å². The molecule has 23 heavy (non-hydrogen) atoms. The molecule has 0 bridgehead atoms. The average molecular weight is 321 g/mol.